The smallest absolute Gasteiger partial charge is 0.378 e. The van der Waals surface area contributed by atoms with Crippen LogP contribution in [0.2, 0.25) is 0 Å². The molecule has 0 atom stereocenters. The van der Waals surface area contributed by atoms with Crippen LogP contribution >= 0.6 is 0 Å². The predicted molar refractivity (Wildman–Crippen MR) is 86.5 cm³/mol. The molecule has 3 aromatic rings. The Hall–Kier alpha value is -2.61. The molecular formula is C17H15F3N4O. The van der Waals surface area contributed by atoms with Crippen molar-refractivity contribution in [2.45, 2.75) is 6.18 Å². The van der Waals surface area contributed by atoms with Crippen LogP contribution in [0.4, 0.5) is 19.0 Å². The van der Waals surface area contributed by atoms with Crippen LogP contribution in [0, 0.1) is 0 Å². The van der Waals surface area contributed by atoms with Gasteiger partial charge in [-0.15, -0.1) is 0 Å². The molecule has 0 spiro atoms. The number of alkyl halides is 3. The maximum Gasteiger partial charge on any atom is 0.416 e. The highest BCUT2D eigenvalue weighted by atomic mass is 19.4. The summed E-state index contributed by atoms with van der Waals surface area (Å²) < 4.78 is 46.0. The first kappa shape index (κ1) is 15.9. The van der Waals surface area contributed by atoms with Crippen LogP contribution in [0.25, 0.3) is 16.8 Å². The first-order valence-corrected chi connectivity index (χ1v) is 7.87. The van der Waals surface area contributed by atoms with E-state index in [2.05, 4.69) is 15.0 Å². The Kier molecular flexibility index (Phi) is 3.84. The molecule has 5 nitrogen and oxygen atoms in total. The number of aromatic nitrogens is 3. The lowest BCUT2D eigenvalue weighted by molar-refractivity contribution is -0.137. The van der Waals surface area contributed by atoms with E-state index < -0.39 is 11.7 Å². The molecule has 1 aliphatic heterocycles. The molecule has 0 radical (unpaired) electrons. The first-order valence-electron chi connectivity index (χ1n) is 7.87. The summed E-state index contributed by atoms with van der Waals surface area (Å²) in [5, 5.41) is 4.35. The molecule has 130 valence electrons. The van der Waals surface area contributed by atoms with Gasteiger partial charge in [0.15, 0.2) is 5.65 Å². The molecule has 0 aliphatic carbocycles. The Morgan fingerprint density at radius 3 is 2.64 bits per heavy atom. The minimum absolute atomic E-state index is 0.441. The number of benzene rings is 1. The average molecular weight is 348 g/mol. The first-order chi connectivity index (χ1) is 12.0. The fourth-order valence-corrected chi connectivity index (χ4v) is 2.98. The van der Waals surface area contributed by atoms with Gasteiger partial charge >= 0.3 is 6.18 Å². The summed E-state index contributed by atoms with van der Waals surface area (Å²) >= 11 is 0. The molecule has 4 rings (SSSR count). The highest BCUT2D eigenvalue weighted by Crippen LogP contribution is 2.33. The summed E-state index contributed by atoms with van der Waals surface area (Å²) in [7, 11) is 0. The second-order valence-corrected chi connectivity index (χ2v) is 5.77. The Labute approximate surface area is 141 Å². The highest BCUT2D eigenvalue weighted by molar-refractivity contribution is 5.78. The molecule has 1 aromatic carbocycles. The summed E-state index contributed by atoms with van der Waals surface area (Å²) in [6.45, 7) is 2.73. The van der Waals surface area contributed by atoms with Crippen molar-refractivity contribution < 1.29 is 17.9 Å². The topological polar surface area (TPSA) is 42.7 Å². The van der Waals surface area contributed by atoms with Crippen LogP contribution in [-0.4, -0.2) is 40.9 Å². The number of fused-ring (bicyclic) bond motifs is 1. The molecule has 3 heterocycles. The number of rotatable bonds is 2. The number of morpholine rings is 1. The van der Waals surface area contributed by atoms with Crippen LogP contribution < -0.4 is 4.90 Å². The summed E-state index contributed by atoms with van der Waals surface area (Å²) in [6, 6.07) is 7.06. The molecule has 1 saturated heterocycles. The minimum Gasteiger partial charge on any atom is -0.378 e. The predicted octanol–water partition coefficient (Wildman–Crippen LogP) is 3.25. The van der Waals surface area contributed by atoms with E-state index in [9.17, 15) is 13.2 Å². The van der Waals surface area contributed by atoms with Crippen molar-refractivity contribution in [3.63, 3.8) is 0 Å². The van der Waals surface area contributed by atoms with E-state index in [1.807, 2.05) is 6.07 Å². The Bertz CT molecular complexity index is 900. The molecule has 25 heavy (non-hydrogen) atoms. The van der Waals surface area contributed by atoms with Crippen molar-refractivity contribution in [1.82, 2.24) is 14.6 Å². The minimum atomic E-state index is -4.38. The van der Waals surface area contributed by atoms with E-state index in [4.69, 9.17) is 4.74 Å². The number of anilines is 1. The lowest BCUT2D eigenvalue weighted by Gasteiger charge is -2.28. The van der Waals surface area contributed by atoms with Gasteiger partial charge < -0.3 is 9.64 Å². The van der Waals surface area contributed by atoms with Crippen molar-refractivity contribution in [2.24, 2.45) is 0 Å². The molecule has 1 aliphatic rings. The SMILES string of the molecule is FC(F)(F)c1cccc(-c2cnn3c(N4CCOCC4)ccnc23)c1. The molecule has 0 bridgehead atoms. The molecular weight excluding hydrogens is 333 g/mol. The lowest BCUT2D eigenvalue weighted by atomic mass is 10.1. The van der Waals surface area contributed by atoms with E-state index in [-0.39, 0.29) is 0 Å². The second-order valence-electron chi connectivity index (χ2n) is 5.77. The third-order valence-corrected chi connectivity index (χ3v) is 4.22. The number of hydrogen-bond donors (Lipinski definition) is 0. The van der Waals surface area contributed by atoms with Gasteiger partial charge in [0.2, 0.25) is 0 Å². The lowest BCUT2D eigenvalue weighted by Crippen LogP contribution is -2.37. The van der Waals surface area contributed by atoms with Gasteiger partial charge in [-0.3, -0.25) is 0 Å². The van der Waals surface area contributed by atoms with Crippen molar-refractivity contribution in [2.75, 3.05) is 31.2 Å². The van der Waals surface area contributed by atoms with Crippen LogP contribution in [0.5, 0.6) is 0 Å². The Morgan fingerprint density at radius 2 is 1.88 bits per heavy atom. The maximum atomic E-state index is 13.0. The van der Waals surface area contributed by atoms with E-state index in [1.165, 1.54) is 6.07 Å². The number of nitrogens with zero attached hydrogens (tertiary/aromatic N) is 4. The summed E-state index contributed by atoms with van der Waals surface area (Å²) in [4.78, 5) is 6.45. The van der Waals surface area contributed by atoms with Gasteiger partial charge in [0.25, 0.3) is 0 Å². The average Bonchev–Trinajstić information content (AvgIpc) is 3.06. The Balaban J connectivity index is 1.79. The molecule has 0 unspecified atom stereocenters. The quantitative estimate of drug-likeness (QED) is 0.713. The van der Waals surface area contributed by atoms with Gasteiger partial charge in [0.05, 0.1) is 25.0 Å². The standard InChI is InChI=1S/C17H15F3N4O/c18-17(19,20)13-3-1-2-12(10-13)14-11-22-24-15(4-5-21-16(14)24)23-6-8-25-9-7-23/h1-5,10-11H,6-9H2. The van der Waals surface area contributed by atoms with Crippen molar-refractivity contribution in [1.29, 1.82) is 0 Å². The summed E-state index contributed by atoms with van der Waals surface area (Å²) in [5.41, 5.74) is 0.856. The molecule has 8 heteroatoms. The molecule has 2 aromatic heterocycles. The normalized spacial score (nSPS) is 15.7. The fraction of sp³-hybridized carbons (Fsp3) is 0.294. The summed E-state index contributed by atoms with van der Waals surface area (Å²) in [5.74, 6) is 0.853. The second kappa shape index (κ2) is 6.03. The van der Waals surface area contributed by atoms with Gasteiger partial charge in [-0.2, -0.15) is 22.8 Å². The van der Waals surface area contributed by atoms with Gasteiger partial charge in [-0.25, -0.2) is 4.98 Å². The van der Waals surface area contributed by atoms with E-state index in [1.54, 1.807) is 23.0 Å². The Morgan fingerprint density at radius 1 is 1.08 bits per heavy atom. The van der Waals surface area contributed by atoms with Crippen molar-refractivity contribution in [3.8, 4) is 11.1 Å². The number of hydrogen-bond acceptors (Lipinski definition) is 4. The highest BCUT2D eigenvalue weighted by Gasteiger charge is 2.30. The van der Waals surface area contributed by atoms with Crippen molar-refractivity contribution >= 4 is 11.5 Å². The van der Waals surface area contributed by atoms with Crippen LogP contribution in [0.3, 0.4) is 0 Å². The largest absolute Gasteiger partial charge is 0.416 e. The fourth-order valence-electron chi connectivity index (χ4n) is 2.98. The van der Waals surface area contributed by atoms with Gasteiger partial charge in [0, 0.05) is 24.8 Å². The number of ether oxygens (including phenoxy) is 1. The number of halogens is 3. The third kappa shape index (κ3) is 2.93. The zero-order valence-corrected chi connectivity index (χ0v) is 13.2. The molecule has 0 saturated carbocycles. The van der Waals surface area contributed by atoms with Gasteiger partial charge in [-0.05, 0) is 23.8 Å². The monoisotopic (exact) mass is 348 g/mol. The van der Waals surface area contributed by atoms with E-state index in [0.29, 0.717) is 30.0 Å². The zero-order valence-electron chi connectivity index (χ0n) is 13.2. The van der Waals surface area contributed by atoms with Crippen molar-refractivity contribution in [3.05, 3.63) is 48.3 Å². The van der Waals surface area contributed by atoms with Gasteiger partial charge in [0.1, 0.15) is 5.82 Å². The molecule has 0 N–H and O–H groups in total. The summed E-state index contributed by atoms with van der Waals surface area (Å²) in [6.07, 6.45) is -1.17. The third-order valence-electron chi connectivity index (χ3n) is 4.22. The van der Waals surface area contributed by atoms with Crippen LogP contribution in [-0.2, 0) is 10.9 Å². The van der Waals surface area contributed by atoms with Crippen LogP contribution in [0.15, 0.2) is 42.7 Å². The maximum absolute atomic E-state index is 13.0. The van der Waals surface area contributed by atoms with E-state index >= 15 is 0 Å². The van der Waals surface area contributed by atoms with E-state index in [0.717, 1.165) is 31.0 Å². The zero-order chi connectivity index (χ0) is 17.4. The van der Waals surface area contributed by atoms with Gasteiger partial charge in [-0.1, -0.05) is 12.1 Å². The van der Waals surface area contributed by atoms with Crippen LogP contribution in [0.1, 0.15) is 5.56 Å². The molecule has 1 fully saturated rings. The molecule has 0 amide bonds.